The summed E-state index contributed by atoms with van der Waals surface area (Å²) in [5.74, 6) is 1.71. The Morgan fingerprint density at radius 3 is 3.10 bits per heavy atom. The zero-order chi connectivity index (χ0) is 14.4. The summed E-state index contributed by atoms with van der Waals surface area (Å²) in [6.45, 7) is 0.176. The molecule has 0 aliphatic carbocycles. The van der Waals surface area contributed by atoms with Gasteiger partial charge in [-0.25, -0.2) is 9.97 Å². The van der Waals surface area contributed by atoms with Crippen molar-refractivity contribution in [1.29, 1.82) is 0 Å². The van der Waals surface area contributed by atoms with Crippen molar-refractivity contribution < 1.29 is 9.47 Å². The molecular formula is C12H10N6O3. The van der Waals surface area contributed by atoms with E-state index in [0.717, 1.165) is 5.56 Å². The highest BCUT2D eigenvalue weighted by Gasteiger charge is 2.16. The van der Waals surface area contributed by atoms with Crippen LogP contribution in [0.3, 0.4) is 0 Å². The van der Waals surface area contributed by atoms with Crippen LogP contribution in [0.4, 0.5) is 5.95 Å². The first-order chi connectivity index (χ1) is 10.2. The monoisotopic (exact) mass is 286 g/mol. The van der Waals surface area contributed by atoms with Crippen molar-refractivity contribution in [2.45, 2.75) is 6.42 Å². The second kappa shape index (κ2) is 4.20. The smallest absolute Gasteiger partial charge is 0.278 e. The second-order valence-electron chi connectivity index (χ2n) is 4.56. The maximum absolute atomic E-state index is 11.7. The number of nitrogens with one attached hydrogen (secondary N) is 2. The molecule has 3 aromatic heterocycles. The molecule has 4 N–H and O–H groups in total. The van der Waals surface area contributed by atoms with E-state index < -0.39 is 0 Å². The van der Waals surface area contributed by atoms with Crippen LogP contribution in [0.5, 0.6) is 11.6 Å². The molecule has 0 fully saturated rings. The van der Waals surface area contributed by atoms with E-state index in [-0.39, 0.29) is 18.3 Å². The summed E-state index contributed by atoms with van der Waals surface area (Å²) in [5.41, 5.74) is 6.61. The van der Waals surface area contributed by atoms with Crippen molar-refractivity contribution >= 4 is 17.1 Å². The Labute approximate surface area is 117 Å². The minimum atomic E-state index is -0.347. The third kappa shape index (κ3) is 1.95. The number of hydrogen-bond acceptors (Lipinski definition) is 7. The SMILES string of the molecule is Nc1nc2nc(Cc3cnc4c(c3)OCO4)[nH]c2c(=O)[nH]1. The minimum absolute atomic E-state index is 0.0373. The molecule has 106 valence electrons. The first kappa shape index (κ1) is 11.7. The van der Waals surface area contributed by atoms with Crippen LogP contribution in [0.2, 0.25) is 0 Å². The first-order valence-corrected chi connectivity index (χ1v) is 6.18. The van der Waals surface area contributed by atoms with Crippen molar-refractivity contribution in [3.05, 3.63) is 34.0 Å². The second-order valence-corrected chi connectivity index (χ2v) is 4.56. The van der Waals surface area contributed by atoms with E-state index >= 15 is 0 Å². The van der Waals surface area contributed by atoms with Gasteiger partial charge in [-0.2, -0.15) is 4.98 Å². The highest BCUT2D eigenvalue weighted by atomic mass is 16.7. The van der Waals surface area contributed by atoms with E-state index in [2.05, 4.69) is 24.9 Å². The van der Waals surface area contributed by atoms with Gasteiger partial charge in [0.15, 0.2) is 16.9 Å². The standard InChI is InChI=1S/C12H10N6O3/c13-12-17-9-8(10(19)18-12)15-7(16-9)2-5-1-6-11(14-3-5)21-4-20-6/h1,3H,2,4H2,(H4,13,15,16,17,18,19). The molecule has 1 aliphatic heterocycles. The number of ether oxygens (including phenoxy) is 2. The number of nitrogens with zero attached hydrogens (tertiary/aromatic N) is 3. The van der Waals surface area contributed by atoms with Crippen LogP contribution in [0.1, 0.15) is 11.4 Å². The van der Waals surface area contributed by atoms with Gasteiger partial charge in [0, 0.05) is 12.6 Å². The lowest BCUT2D eigenvalue weighted by atomic mass is 10.2. The Morgan fingerprint density at radius 1 is 1.29 bits per heavy atom. The third-order valence-electron chi connectivity index (χ3n) is 3.09. The van der Waals surface area contributed by atoms with Gasteiger partial charge < -0.3 is 20.2 Å². The number of imidazole rings is 1. The van der Waals surface area contributed by atoms with Crippen molar-refractivity contribution in [3.8, 4) is 11.6 Å². The van der Waals surface area contributed by atoms with Crippen LogP contribution in [-0.4, -0.2) is 31.7 Å². The predicted molar refractivity (Wildman–Crippen MR) is 72.1 cm³/mol. The van der Waals surface area contributed by atoms with Gasteiger partial charge in [0.05, 0.1) is 0 Å². The molecule has 0 saturated carbocycles. The first-order valence-electron chi connectivity index (χ1n) is 6.18. The number of anilines is 1. The molecule has 0 bridgehead atoms. The predicted octanol–water partition coefficient (Wildman–Crippen LogP) is -0.0571. The fourth-order valence-electron chi connectivity index (χ4n) is 2.18. The quantitative estimate of drug-likeness (QED) is 0.601. The molecule has 9 nitrogen and oxygen atoms in total. The molecule has 1 aliphatic rings. The summed E-state index contributed by atoms with van der Waals surface area (Å²) >= 11 is 0. The van der Waals surface area contributed by atoms with Gasteiger partial charge in [-0.1, -0.05) is 0 Å². The molecule has 3 aromatic rings. The van der Waals surface area contributed by atoms with Crippen molar-refractivity contribution in [2.24, 2.45) is 0 Å². The zero-order valence-corrected chi connectivity index (χ0v) is 10.7. The van der Waals surface area contributed by atoms with Gasteiger partial charge in [0.1, 0.15) is 5.82 Å². The summed E-state index contributed by atoms with van der Waals surface area (Å²) in [5, 5.41) is 0. The Hall–Kier alpha value is -3.10. The average Bonchev–Trinajstić information content (AvgIpc) is 3.04. The molecule has 0 atom stereocenters. The molecule has 0 spiro atoms. The van der Waals surface area contributed by atoms with Gasteiger partial charge in [0.2, 0.25) is 12.7 Å². The van der Waals surface area contributed by atoms with Gasteiger partial charge >= 0.3 is 0 Å². The summed E-state index contributed by atoms with van der Waals surface area (Å²) < 4.78 is 10.4. The maximum atomic E-state index is 11.7. The number of fused-ring (bicyclic) bond motifs is 2. The number of rotatable bonds is 2. The van der Waals surface area contributed by atoms with Gasteiger partial charge in [0.25, 0.3) is 11.4 Å². The molecule has 0 aromatic carbocycles. The Morgan fingerprint density at radius 2 is 2.19 bits per heavy atom. The maximum Gasteiger partial charge on any atom is 0.278 e. The van der Waals surface area contributed by atoms with E-state index in [1.165, 1.54) is 0 Å². The van der Waals surface area contributed by atoms with Crippen LogP contribution in [0, 0.1) is 0 Å². The topological polar surface area (TPSA) is 132 Å². The molecule has 4 rings (SSSR count). The zero-order valence-electron chi connectivity index (χ0n) is 10.7. The number of aromatic nitrogens is 5. The Kier molecular flexibility index (Phi) is 2.34. The van der Waals surface area contributed by atoms with Crippen LogP contribution in [0.15, 0.2) is 17.1 Å². The molecule has 0 radical (unpaired) electrons. The lowest BCUT2D eigenvalue weighted by molar-refractivity contribution is 0.171. The van der Waals surface area contributed by atoms with Crippen LogP contribution in [0.25, 0.3) is 11.2 Å². The lowest BCUT2D eigenvalue weighted by Gasteiger charge is -1.99. The van der Waals surface area contributed by atoms with Crippen LogP contribution in [-0.2, 0) is 6.42 Å². The molecule has 9 heteroatoms. The normalized spacial score (nSPS) is 13.0. The summed E-state index contributed by atoms with van der Waals surface area (Å²) in [4.78, 5) is 29.5. The van der Waals surface area contributed by atoms with Gasteiger partial charge in [-0.3, -0.25) is 9.78 Å². The molecular weight excluding hydrogens is 276 g/mol. The van der Waals surface area contributed by atoms with E-state index in [1.54, 1.807) is 6.20 Å². The van der Waals surface area contributed by atoms with Crippen LogP contribution >= 0.6 is 0 Å². The van der Waals surface area contributed by atoms with Gasteiger partial charge in [-0.05, 0) is 11.6 Å². The van der Waals surface area contributed by atoms with Crippen molar-refractivity contribution in [1.82, 2.24) is 24.9 Å². The minimum Gasteiger partial charge on any atom is -0.452 e. The number of nitrogen functional groups attached to an aromatic ring is 1. The Bertz CT molecular complexity index is 900. The number of aromatic amines is 2. The van der Waals surface area contributed by atoms with Gasteiger partial charge in [-0.15, -0.1) is 0 Å². The highest BCUT2D eigenvalue weighted by Crippen LogP contribution is 2.30. The highest BCUT2D eigenvalue weighted by molar-refractivity contribution is 5.70. The summed E-state index contributed by atoms with van der Waals surface area (Å²) in [7, 11) is 0. The van der Waals surface area contributed by atoms with E-state index in [0.29, 0.717) is 35.0 Å². The number of nitrogens with two attached hydrogens (primary N) is 1. The molecule has 21 heavy (non-hydrogen) atoms. The fraction of sp³-hybridized carbons (Fsp3) is 0.167. The molecule has 0 unspecified atom stereocenters. The number of H-pyrrole nitrogens is 2. The van der Waals surface area contributed by atoms with E-state index in [1.807, 2.05) is 6.07 Å². The summed E-state index contributed by atoms with van der Waals surface area (Å²) in [6, 6.07) is 1.83. The lowest BCUT2D eigenvalue weighted by Crippen LogP contribution is -2.10. The molecule has 0 saturated heterocycles. The van der Waals surface area contributed by atoms with E-state index in [9.17, 15) is 4.79 Å². The third-order valence-corrected chi connectivity index (χ3v) is 3.09. The fourth-order valence-corrected chi connectivity index (χ4v) is 2.18. The molecule has 0 amide bonds. The van der Waals surface area contributed by atoms with Crippen molar-refractivity contribution in [3.63, 3.8) is 0 Å². The number of hydrogen-bond donors (Lipinski definition) is 3. The van der Waals surface area contributed by atoms with Crippen LogP contribution < -0.4 is 20.8 Å². The van der Waals surface area contributed by atoms with E-state index in [4.69, 9.17) is 15.2 Å². The molecule has 4 heterocycles. The number of pyridine rings is 1. The largest absolute Gasteiger partial charge is 0.452 e. The Balaban J connectivity index is 1.71. The average molecular weight is 286 g/mol. The van der Waals surface area contributed by atoms with Crippen molar-refractivity contribution in [2.75, 3.05) is 12.5 Å². The summed E-state index contributed by atoms with van der Waals surface area (Å²) in [6.07, 6.45) is 2.13.